The van der Waals surface area contributed by atoms with Crippen LogP contribution < -0.4 is 10.2 Å². The van der Waals surface area contributed by atoms with Gasteiger partial charge >= 0.3 is 0 Å². The Morgan fingerprint density at radius 2 is 1.65 bits per heavy atom. The fourth-order valence-corrected chi connectivity index (χ4v) is 2.64. The predicted octanol–water partition coefficient (Wildman–Crippen LogP) is 4.76. The van der Waals surface area contributed by atoms with Crippen molar-refractivity contribution in [2.24, 2.45) is 0 Å². The van der Waals surface area contributed by atoms with E-state index in [4.69, 9.17) is 0 Å². The van der Waals surface area contributed by atoms with Crippen LogP contribution in [-0.4, -0.2) is 19.1 Å². The monoisotopic (exact) mass is 276 g/mol. The molecule has 0 amide bonds. The van der Waals surface area contributed by atoms with E-state index in [-0.39, 0.29) is 0 Å². The van der Waals surface area contributed by atoms with Gasteiger partial charge in [0.05, 0.1) is 0 Å². The second kappa shape index (κ2) is 9.02. The highest BCUT2D eigenvalue weighted by molar-refractivity contribution is 5.48. The SMILES string of the molecule is CCCNC(CC)c1ccc(N(CCC)C(C)C)cc1. The third-order valence-corrected chi connectivity index (χ3v) is 3.76. The van der Waals surface area contributed by atoms with Gasteiger partial charge in [0, 0.05) is 24.3 Å². The van der Waals surface area contributed by atoms with Gasteiger partial charge in [-0.25, -0.2) is 0 Å². The number of rotatable bonds is 9. The topological polar surface area (TPSA) is 15.3 Å². The van der Waals surface area contributed by atoms with Crippen molar-refractivity contribution in [3.8, 4) is 0 Å². The zero-order valence-electron chi connectivity index (χ0n) is 13.9. The molecule has 2 nitrogen and oxygen atoms in total. The lowest BCUT2D eigenvalue weighted by molar-refractivity contribution is 0.518. The summed E-state index contributed by atoms with van der Waals surface area (Å²) in [5, 5.41) is 3.62. The van der Waals surface area contributed by atoms with E-state index in [0.29, 0.717) is 12.1 Å². The van der Waals surface area contributed by atoms with Crippen LogP contribution in [0.25, 0.3) is 0 Å². The minimum Gasteiger partial charge on any atom is -0.369 e. The molecule has 2 heteroatoms. The normalized spacial score (nSPS) is 12.7. The van der Waals surface area contributed by atoms with Gasteiger partial charge in [-0.15, -0.1) is 0 Å². The lowest BCUT2D eigenvalue weighted by Gasteiger charge is -2.29. The number of anilines is 1. The van der Waals surface area contributed by atoms with Crippen molar-refractivity contribution in [1.29, 1.82) is 0 Å². The molecule has 0 saturated carbocycles. The van der Waals surface area contributed by atoms with Gasteiger partial charge in [0.15, 0.2) is 0 Å². The molecule has 1 N–H and O–H groups in total. The van der Waals surface area contributed by atoms with E-state index in [2.05, 4.69) is 69.1 Å². The van der Waals surface area contributed by atoms with Crippen LogP contribution in [0.1, 0.15) is 65.5 Å². The Hall–Kier alpha value is -1.02. The zero-order chi connectivity index (χ0) is 15.0. The number of hydrogen-bond acceptors (Lipinski definition) is 2. The minimum atomic E-state index is 0.489. The minimum absolute atomic E-state index is 0.489. The van der Waals surface area contributed by atoms with Crippen molar-refractivity contribution in [3.05, 3.63) is 29.8 Å². The van der Waals surface area contributed by atoms with Crippen molar-refractivity contribution >= 4 is 5.69 Å². The molecule has 114 valence electrons. The number of hydrogen-bond donors (Lipinski definition) is 1. The molecule has 1 atom stereocenters. The van der Waals surface area contributed by atoms with Gasteiger partial charge in [-0.2, -0.15) is 0 Å². The summed E-state index contributed by atoms with van der Waals surface area (Å²) in [5.41, 5.74) is 2.75. The molecule has 0 bridgehead atoms. The van der Waals surface area contributed by atoms with Crippen molar-refractivity contribution in [3.63, 3.8) is 0 Å². The first-order chi connectivity index (χ1) is 9.63. The Morgan fingerprint density at radius 3 is 2.10 bits per heavy atom. The van der Waals surface area contributed by atoms with E-state index in [1.165, 1.54) is 24.1 Å². The zero-order valence-corrected chi connectivity index (χ0v) is 13.9. The lowest BCUT2D eigenvalue weighted by atomic mass is 10.0. The molecule has 0 saturated heterocycles. The molecule has 0 aromatic heterocycles. The quantitative estimate of drug-likeness (QED) is 0.699. The Bertz CT molecular complexity index is 356. The summed E-state index contributed by atoms with van der Waals surface area (Å²) < 4.78 is 0. The molecule has 1 aromatic rings. The summed E-state index contributed by atoms with van der Waals surface area (Å²) >= 11 is 0. The highest BCUT2D eigenvalue weighted by Gasteiger charge is 2.11. The maximum atomic E-state index is 3.62. The smallest absolute Gasteiger partial charge is 0.0368 e. The summed E-state index contributed by atoms with van der Waals surface area (Å²) in [6, 6.07) is 10.2. The van der Waals surface area contributed by atoms with Gasteiger partial charge in [-0.3, -0.25) is 0 Å². The molecule has 1 aromatic carbocycles. The van der Waals surface area contributed by atoms with Crippen LogP contribution in [0, 0.1) is 0 Å². The maximum Gasteiger partial charge on any atom is 0.0368 e. The number of nitrogens with zero attached hydrogens (tertiary/aromatic N) is 1. The van der Waals surface area contributed by atoms with Crippen molar-refractivity contribution in [2.45, 2.75) is 66.0 Å². The Balaban J connectivity index is 2.80. The molecule has 0 aliphatic rings. The number of nitrogens with one attached hydrogen (secondary N) is 1. The maximum absolute atomic E-state index is 3.62. The fourth-order valence-electron chi connectivity index (χ4n) is 2.64. The van der Waals surface area contributed by atoms with Gasteiger partial charge in [0.25, 0.3) is 0 Å². The molecule has 1 rings (SSSR count). The molecule has 0 spiro atoms. The van der Waals surface area contributed by atoms with Crippen molar-refractivity contribution in [2.75, 3.05) is 18.0 Å². The van der Waals surface area contributed by atoms with Crippen molar-refractivity contribution in [1.82, 2.24) is 5.32 Å². The summed E-state index contributed by atoms with van der Waals surface area (Å²) in [5.74, 6) is 0. The first kappa shape index (κ1) is 17.0. The van der Waals surface area contributed by atoms with E-state index in [1.54, 1.807) is 0 Å². The third-order valence-electron chi connectivity index (χ3n) is 3.76. The van der Waals surface area contributed by atoms with E-state index in [0.717, 1.165) is 19.5 Å². The molecule has 0 fully saturated rings. The molecule has 0 heterocycles. The van der Waals surface area contributed by atoms with Crippen LogP contribution in [0.15, 0.2) is 24.3 Å². The van der Waals surface area contributed by atoms with Crippen LogP contribution in [0.3, 0.4) is 0 Å². The van der Waals surface area contributed by atoms with Gasteiger partial charge in [0.2, 0.25) is 0 Å². The highest BCUT2D eigenvalue weighted by atomic mass is 15.1. The van der Waals surface area contributed by atoms with Gasteiger partial charge in [-0.05, 0) is 57.4 Å². The van der Waals surface area contributed by atoms with Gasteiger partial charge < -0.3 is 10.2 Å². The second-order valence-corrected chi connectivity index (χ2v) is 5.79. The van der Waals surface area contributed by atoms with E-state index in [9.17, 15) is 0 Å². The third kappa shape index (κ3) is 4.82. The average Bonchev–Trinajstić information content (AvgIpc) is 2.46. The van der Waals surface area contributed by atoms with Crippen LogP contribution in [-0.2, 0) is 0 Å². The first-order valence-corrected chi connectivity index (χ1v) is 8.23. The predicted molar refractivity (Wildman–Crippen MR) is 90.5 cm³/mol. The summed E-state index contributed by atoms with van der Waals surface area (Å²) in [4.78, 5) is 2.48. The molecule has 0 aliphatic carbocycles. The van der Waals surface area contributed by atoms with E-state index >= 15 is 0 Å². The van der Waals surface area contributed by atoms with Gasteiger partial charge in [-0.1, -0.05) is 32.9 Å². The van der Waals surface area contributed by atoms with Gasteiger partial charge in [0.1, 0.15) is 0 Å². The molecule has 20 heavy (non-hydrogen) atoms. The second-order valence-electron chi connectivity index (χ2n) is 5.79. The lowest BCUT2D eigenvalue weighted by Crippen LogP contribution is -2.31. The molecule has 0 radical (unpaired) electrons. The van der Waals surface area contributed by atoms with Crippen LogP contribution in [0.5, 0.6) is 0 Å². The van der Waals surface area contributed by atoms with Crippen molar-refractivity contribution < 1.29 is 0 Å². The Labute approximate surface area is 125 Å². The highest BCUT2D eigenvalue weighted by Crippen LogP contribution is 2.22. The molecule has 0 aliphatic heterocycles. The summed E-state index contributed by atoms with van der Waals surface area (Å²) in [6.07, 6.45) is 3.52. The largest absolute Gasteiger partial charge is 0.369 e. The first-order valence-electron chi connectivity index (χ1n) is 8.23. The fraction of sp³-hybridized carbons (Fsp3) is 0.667. The van der Waals surface area contributed by atoms with E-state index < -0.39 is 0 Å². The Kier molecular flexibility index (Phi) is 7.68. The average molecular weight is 276 g/mol. The molecular weight excluding hydrogens is 244 g/mol. The Morgan fingerprint density at radius 1 is 1.00 bits per heavy atom. The van der Waals surface area contributed by atoms with E-state index in [1.807, 2.05) is 0 Å². The standard InChI is InChI=1S/C18H32N2/c1-6-13-19-18(8-3)16-9-11-17(12-10-16)20(14-7-2)15(4)5/h9-12,15,18-19H,6-8,13-14H2,1-5H3. The van der Waals surface area contributed by atoms with Crippen LogP contribution >= 0.6 is 0 Å². The van der Waals surface area contributed by atoms with Crippen LogP contribution in [0.4, 0.5) is 5.69 Å². The molecule has 1 unspecified atom stereocenters. The summed E-state index contributed by atoms with van der Waals surface area (Å²) in [6.45, 7) is 13.5. The summed E-state index contributed by atoms with van der Waals surface area (Å²) in [7, 11) is 0. The van der Waals surface area contributed by atoms with Crippen LogP contribution in [0.2, 0.25) is 0 Å². The molecular formula is C18H32N2. The number of benzene rings is 1.